The summed E-state index contributed by atoms with van der Waals surface area (Å²) in [5, 5.41) is 20.5. The summed E-state index contributed by atoms with van der Waals surface area (Å²) in [6.07, 6.45) is 1.40. The van der Waals surface area contributed by atoms with Crippen LogP contribution in [-0.4, -0.2) is 20.6 Å². The van der Waals surface area contributed by atoms with Crippen LogP contribution in [0.1, 0.15) is 10.4 Å². The van der Waals surface area contributed by atoms with E-state index in [4.69, 9.17) is 0 Å². The second-order valence-electron chi connectivity index (χ2n) is 4.90. The van der Waals surface area contributed by atoms with Gasteiger partial charge in [-0.1, -0.05) is 42.5 Å². The number of carbonyl (C=O) groups is 1. The third-order valence-electron chi connectivity index (χ3n) is 3.47. The number of rotatable bonds is 4. The highest BCUT2D eigenvalue weighted by molar-refractivity contribution is 5.90. The molecule has 0 unspecified atom stereocenters. The molecule has 0 aliphatic heterocycles. The summed E-state index contributed by atoms with van der Waals surface area (Å²) in [6, 6.07) is 16.9. The molecule has 1 heterocycles. The quantitative estimate of drug-likeness (QED) is 0.587. The molecule has 0 bridgehead atoms. The van der Waals surface area contributed by atoms with Gasteiger partial charge in [-0.2, -0.15) is 0 Å². The van der Waals surface area contributed by atoms with Gasteiger partial charge >= 0.3 is 5.97 Å². The average Bonchev–Trinajstić information content (AvgIpc) is 3.01. The summed E-state index contributed by atoms with van der Waals surface area (Å²) in [5.41, 5.74) is 1.67. The van der Waals surface area contributed by atoms with Crippen LogP contribution in [0.25, 0.3) is 16.9 Å². The van der Waals surface area contributed by atoms with Crippen LogP contribution in [0.2, 0.25) is 0 Å². The van der Waals surface area contributed by atoms with Crippen molar-refractivity contribution in [3.05, 3.63) is 82.5 Å². The van der Waals surface area contributed by atoms with Crippen LogP contribution in [0.15, 0.2) is 66.9 Å². The van der Waals surface area contributed by atoms with E-state index in [9.17, 15) is 20.0 Å². The Hall–Kier alpha value is -3.41. The number of carboxylic acid groups (broad SMARTS) is 1. The molecule has 0 atom stereocenters. The molecule has 1 aromatic heterocycles. The van der Waals surface area contributed by atoms with Crippen LogP contribution in [0.5, 0.6) is 0 Å². The lowest BCUT2D eigenvalue weighted by molar-refractivity contribution is -0.384. The standard InChI is InChI=1S/C17H12N2O4/c20-17(21)13-10-16(12-6-2-1-3-7-12)18(11-13)14-8-4-5-9-15(14)19(22)23/h1-11H,(H,20,21). The second-order valence-corrected chi connectivity index (χ2v) is 4.90. The number of benzene rings is 2. The smallest absolute Gasteiger partial charge is 0.337 e. The molecule has 6 heteroatoms. The van der Waals surface area contributed by atoms with Crippen molar-refractivity contribution >= 4 is 11.7 Å². The molecule has 114 valence electrons. The average molecular weight is 308 g/mol. The highest BCUT2D eigenvalue weighted by Crippen LogP contribution is 2.30. The number of nitro benzene ring substituents is 1. The molecule has 0 aliphatic rings. The van der Waals surface area contributed by atoms with E-state index in [0.717, 1.165) is 5.56 Å². The Bertz CT molecular complexity index is 885. The summed E-state index contributed by atoms with van der Waals surface area (Å²) < 4.78 is 1.54. The van der Waals surface area contributed by atoms with E-state index in [1.54, 1.807) is 18.2 Å². The Morgan fingerprint density at radius 1 is 1.04 bits per heavy atom. The van der Waals surface area contributed by atoms with Gasteiger partial charge in [0, 0.05) is 12.3 Å². The highest BCUT2D eigenvalue weighted by atomic mass is 16.6. The van der Waals surface area contributed by atoms with E-state index in [1.807, 2.05) is 30.3 Å². The molecule has 3 aromatic rings. The molecule has 0 fully saturated rings. The van der Waals surface area contributed by atoms with E-state index >= 15 is 0 Å². The summed E-state index contributed by atoms with van der Waals surface area (Å²) in [5.74, 6) is -1.08. The summed E-state index contributed by atoms with van der Waals surface area (Å²) >= 11 is 0. The molecule has 0 saturated heterocycles. The van der Waals surface area contributed by atoms with Gasteiger partial charge in [0.1, 0.15) is 5.69 Å². The van der Waals surface area contributed by atoms with Crippen LogP contribution in [-0.2, 0) is 0 Å². The molecule has 0 aliphatic carbocycles. The van der Waals surface area contributed by atoms with Gasteiger partial charge in [0.15, 0.2) is 0 Å². The minimum absolute atomic E-state index is 0.0713. The maximum Gasteiger partial charge on any atom is 0.337 e. The SMILES string of the molecule is O=C(O)c1cc(-c2ccccc2)n(-c2ccccc2[N+](=O)[O-])c1. The van der Waals surface area contributed by atoms with Crippen LogP contribution in [0.3, 0.4) is 0 Å². The van der Waals surface area contributed by atoms with Gasteiger partial charge in [0.25, 0.3) is 5.69 Å². The number of aromatic nitrogens is 1. The van der Waals surface area contributed by atoms with Gasteiger partial charge in [-0.05, 0) is 17.7 Å². The Kier molecular flexibility index (Phi) is 3.64. The van der Waals surface area contributed by atoms with Crippen molar-refractivity contribution in [2.24, 2.45) is 0 Å². The van der Waals surface area contributed by atoms with Gasteiger partial charge in [-0.15, -0.1) is 0 Å². The summed E-state index contributed by atoms with van der Waals surface area (Å²) in [7, 11) is 0. The Labute approximate surface area is 131 Å². The van der Waals surface area contributed by atoms with E-state index < -0.39 is 10.9 Å². The predicted molar refractivity (Wildman–Crippen MR) is 84.8 cm³/mol. The van der Waals surface area contributed by atoms with Crippen LogP contribution >= 0.6 is 0 Å². The maximum atomic E-state index is 11.3. The largest absolute Gasteiger partial charge is 0.478 e. The Morgan fingerprint density at radius 3 is 2.35 bits per heavy atom. The van der Waals surface area contributed by atoms with Gasteiger partial charge in [-0.3, -0.25) is 10.1 Å². The first-order chi connectivity index (χ1) is 11.1. The lowest BCUT2D eigenvalue weighted by Crippen LogP contribution is -2.01. The normalized spacial score (nSPS) is 10.4. The monoisotopic (exact) mass is 308 g/mol. The molecular weight excluding hydrogens is 296 g/mol. The zero-order valence-corrected chi connectivity index (χ0v) is 11.9. The topological polar surface area (TPSA) is 85.4 Å². The highest BCUT2D eigenvalue weighted by Gasteiger charge is 2.19. The predicted octanol–water partition coefficient (Wildman–Crippen LogP) is 3.75. The first kappa shape index (κ1) is 14.5. The van der Waals surface area contributed by atoms with Crippen molar-refractivity contribution in [2.75, 3.05) is 0 Å². The van der Waals surface area contributed by atoms with Crippen LogP contribution < -0.4 is 0 Å². The molecular formula is C17H12N2O4. The summed E-state index contributed by atoms with van der Waals surface area (Å²) in [6.45, 7) is 0. The van der Waals surface area contributed by atoms with Gasteiger partial charge in [0.05, 0.1) is 16.2 Å². The van der Waals surface area contributed by atoms with E-state index in [0.29, 0.717) is 11.4 Å². The van der Waals surface area contributed by atoms with Crippen molar-refractivity contribution < 1.29 is 14.8 Å². The second kappa shape index (κ2) is 5.76. The molecule has 0 saturated carbocycles. The fourth-order valence-corrected chi connectivity index (χ4v) is 2.43. The van der Waals surface area contributed by atoms with E-state index in [2.05, 4.69) is 0 Å². The van der Waals surface area contributed by atoms with E-state index in [1.165, 1.54) is 22.9 Å². The van der Waals surface area contributed by atoms with Crippen molar-refractivity contribution in [1.29, 1.82) is 0 Å². The lowest BCUT2D eigenvalue weighted by atomic mass is 10.1. The van der Waals surface area contributed by atoms with Crippen molar-refractivity contribution in [1.82, 2.24) is 4.57 Å². The number of aromatic carboxylic acids is 1. The Balaban J connectivity index is 2.27. The zero-order chi connectivity index (χ0) is 16.4. The van der Waals surface area contributed by atoms with Gasteiger partial charge < -0.3 is 9.67 Å². The number of nitro groups is 1. The van der Waals surface area contributed by atoms with Gasteiger partial charge in [-0.25, -0.2) is 4.79 Å². The number of hydrogen-bond acceptors (Lipinski definition) is 3. The molecule has 3 rings (SSSR count). The molecule has 6 nitrogen and oxygen atoms in total. The van der Waals surface area contributed by atoms with Crippen molar-refractivity contribution in [3.8, 4) is 16.9 Å². The van der Waals surface area contributed by atoms with Crippen LogP contribution in [0.4, 0.5) is 5.69 Å². The van der Waals surface area contributed by atoms with E-state index in [-0.39, 0.29) is 11.3 Å². The molecule has 1 N–H and O–H groups in total. The minimum atomic E-state index is -1.08. The molecule has 0 spiro atoms. The first-order valence-electron chi connectivity index (χ1n) is 6.83. The number of para-hydroxylation sites is 2. The Morgan fingerprint density at radius 2 is 1.70 bits per heavy atom. The third kappa shape index (κ3) is 2.69. The molecule has 2 aromatic carbocycles. The zero-order valence-electron chi connectivity index (χ0n) is 11.9. The fourth-order valence-electron chi connectivity index (χ4n) is 2.43. The lowest BCUT2D eigenvalue weighted by Gasteiger charge is -2.09. The number of nitrogens with zero attached hydrogens (tertiary/aromatic N) is 2. The number of hydrogen-bond donors (Lipinski definition) is 1. The molecule has 0 amide bonds. The summed E-state index contributed by atoms with van der Waals surface area (Å²) in [4.78, 5) is 22.1. The third-order valence-corrected chi connectivity index (χ3v) is 3.47. The maximum absolute atomic E-state index is 11.3. The number of carboxylic acids is 1. The first-order valence-corrected chi connectivity index (χ1v) is 6.83. The molecule has 23 heavy (non-hydrogen) atoms. The van der Waals surface area contributed by atoms with Gasteiger partial charge in [0.2, 0.25) is 0 Å². The molecule has 0 radical (unpaired) electrons. The van der Waals surface area contributed by atoms with Crippen molar-refractivity contribution in [2.45, 2.75) is 0 Å². The van der Waals surface area contributed by atoms with Crippen molar-refractivity contribution in [3.63, 3.8) is 0 Å². The minimum Gasteiger partial charge on any atom is -0.478 e. The van der Waals surface area contributed by atoms with Crippen LogP contribution in [0, 0.1) is 10.1 Å². The fraction of sp³-hybridized carbons (Fsp3) is 0.